The topological polar surface area (TPSA) is 75.6 Å². The number of carboxylic acid groups (broad SMARTS) is 1. The first-order valence-electron chi connectivity index (χ1n) is 11.4. The predicted octanol–water partition coefficient (Wildman–Crippen LogP) is 3.13. The SMILES string of the molecule is CSCC[C@H](NC(=O)c1ccc(COCCc2ccccc2Cl)cc1-c1ccccc1C)C(=O)O.[H-].[Li+]. The second-order valence-corrected chi connectivity index (χ2v) is 9.63. The Balaban J connectivity index is 0.00000342. The van der Waals surface area contributed by atoms with Crippen LogP contribution in [0, 0.1) is 6.92 Å². The smallest absolute Gasteiger partial charge is 1.00 e. The molecule has 0 radical (unpaired) electrons. The van der Waals surface area contributed by atoms with E-state index in [2.05, 4.69) is 5.32 Å². The molecule has 8 heteroatoms. The number of nitrogens with one attached hydrogen (secondary N) is 1. The minimum atomic E-state index is -1.03. The first-order valence-corrected chi connectivity index (χ1v) is 13.2. The van der Waals surface area contributed by atoms with Crippen molar-refractivity contribution in [1.29, 1.82) is 0 Å². The van der Waals surface area contributed by atoms with E-state index in [1.165, 1.54) is 0 Å². The van der Waals surface area contributed by atoms with Crippen molar-refractivity contribution in [1.82, 2.24) is 5.32 Å². The van der Waals surface area contributed by atoms with Crippen molar-refractivity contribution in [2.75, 3.05) is 18.6 Å². The van der Waals surface area contributed by atoms with Gasteiger partial charge in [-0.05, 0) is 77.8 Å². The summed E-state index contributed by atoms with van der Waals surface area (Å²) in [5, 5.41) is 13.0. The van der Waals surface area contributed by atoms with Crippen molar-refractivity contribution in [3.63, 3.8) is 0 Å². The number of amides is 1. The summed E-state index contributed by atoms with van der Waals surface area (Å²) in [6.07, 6.45) is 2.98. The van der Waals surface area contributed by atoms with E-state index in [0.29, 0.717) is 37.4 Å². The molecule has 0 aliphatic heterocycles. The van der Waals surface area contributed by atoms with E-state index >= 15 is 0 Å². The zero-order chi connectivity index (χ0) is 25.2. The van der Waals surface area contributed by atoms with Crippen LogP contribution >= 0.6 is 23.4 Å². The van der Waals surface area contributed by atoms with Crippen LogP contribution in [0.2, 0.25) is 5.02 Å². The Morgan fingerprint density at radius 2 is 1.81 bits per heavy atom. The molecule has 0 unspecified atom stereocenters. The zero-order valence-corrected chi connectivity index (χ0v) is 22.5. The number of carbonyl (C=O) groups is 2. The van der Waals surface area contributed by atoms with Gasteiger partial charge in [0.05, 0.1) is 13.2 Å². The van der Waals surface area contributed by atoms with Gasteiger partial charge in [0.1, 0.15) is 6.04 Å². The van der Waals surface area contributed by atoms with Gasteiger partial charge < -0.3 is 16.6 Å². The second kappa shape index (κ2) is 15.1. The van der Waals surface area contributed by atoms with Gasteiger partial charge in [-0.3, -0.25) is 4.79 Å². The number of thioether (sulfide) groups is 1. The molecule has 0 aliphatic carbocycles. The minimum Gasteiger partial charge on any atom is -1.00 e. The van der Waals surface area contributed by atoms with Crippen molar-refractivity contribution in [3.05, 3.63) is 94.0 Å². The molecule has 0 fully saturated rings. The molecule has 0 heterocycles. The molecule has 36 heavy (non-hydrogen) atoms. The maximum absolute atomic E-state index is 13.2. The molecule has 0 saturated heterocycles. The Bertz CT molecular complexity index is 1180. The molecule has 1 amide bonds. The van der Waals surface area contributed by atoms with Crippen LogP contribution in [0.3, 0.4) is 0 Å². The molecule has 3 aromatic rings. The Hall–Kier alpha value is -2.20. The number of aryl methyl sites for hydroxylation is 1. The summed E-state index contributed by atoms with van der Waals surface area (Å²) in [7, 11) is 0. The second-order valence-electron chi connectivity index (χ2n) is 8.23. The third-order valence-corrected chi connectivity index (χ3v) is 6.73. The average molecular weight is 520 g/mol. The molecule has 1 atom stereocenters. The first-order chi connectivity index (χ1) is 16.9. The summed E-state index contributed by atoms with van der Waals surface area (Å²) >= 11 is 7.77. The fraction of sp³-hybridized carbons (Fsp3) is 0.286. The van der Waals surface area contributed by atoms with E-state index in [4.69, 9.17) is 16.3 Å². The van der Waals surface area contributed by atoms with Crippen molar-refractivity contribution in [2.45, 2.75) is 32.4 Å². The molecule has 3 rings (SSSR count). The van der Waals surface area contributed by atoms with Crippen LogP contribution in [-0.2, 0) is 22.6 Å². The van der Waals surface area contributed by atoms with E-state index in [1.807, 2.05) is 73.8 Å². The largest absolute Gasteiger partial charge is 1.00 e. The summed E-state index contributed by atoms with van der Waals surface area (Å²) in [4.78, 5) is 24.8. The standard InChI is InChI=1S/C28H30ClNO4S.Li.H/c1-19-7-3-5-9-22(19)24-17-20(18-34-15-13-21-8-4-6-10-25(21)29)11-12-23(24)27(31)30-26(28(32)33)14-16-35-2;;/h3-12,17,26H,13-16,18H2,1-2H3,(H,30,31)(H,32,33);;/q;+1;-1/t26-;;/m0../s1. The number of aliphatic carboxylic acids is 1. The van der Waals surface area contributed by atoms with Crippen molar-refractivity contribution in [2.24, 2.45) is 0 Å². The third-order valence-electron chi connectivity index (χ3n) is 5.72. The predicted molar refractivity (Wildman–Crippen MR) is 144 cm³/mol. The molecule has 186 valence electrons. The molecular weight excluding hydrogens is 489 g/mol. The van der Waals surface area contributed by atoms with E-state index in [0.717, 1.165) is 32.8 Å². The Morgan fingerprint density at radius 3 is 2.50 bits per heavy atom. The number of carboxylic acids is 1. The number of rotatable bonds is 12. The van der Waals surface area contributed by atoms with Gasteiger partial charge in [0.2, 0.25) is 0 Å². The molecular formula is C28H31ClLiNO4S. The first kappa shape index (κ1) is 30.0. The van der Waals surface area contributed by atoms with Gasteiger partial charge in [0.15, 0.2) is 0 Å². The average Bonchev–Trinajstić information content (AvgIpc) is 2.85. The fourth-order valence-electron chi connectivity index (χ4n) is 3.78. The van der Waals surface area contributed by atoms with Gasteiger partial charge in [-0.15, -0.1) is 0 Å². The molecule has 2 N–H and O–H groups in total. The van der Waals surface area contributed by atoms with E-state index in [-0.39, 0.29) is 20.3 Å². The summed E-state index contributed by atoms with van der Waals surface area (Å²) in [5.41, 5.74) is 5.10. The number of hydrogen-bond acceptors (Lipinski definition) is 4. The quantitative estimate of drug-likeness (QED) is 0.284. The normalized spacial score (nSPS) is 11.4. The number of carbonyl (C=O) groups excluding carboxylic acids is 1. The van der Waals surface area contributed by atoms with Crippen molar-refractivity contribution < 1.29 is 39.7 Å². The third kappa shape index (κ3) is 8.43. The summed E-state index contributed by atoms with van der Waals surface area (Å²) < 4.78 is 5.90. The Kier molecular flexibility index (Phi) is 12.6. The van der Waals surface area contributed by atoms with Gasteiger partial charge in [-0.25, -0.2) is 4.79 Å². The summed E-state index contributed by atoms with van der Waals surface area (Å²) in [5.74, 6) is -0.789. The number of hydrogen-bond donors (Lipinski definition) is 2. The fourth-order valence-corrected chi connectivity index (χ4v) is 4.48. The Morgan fingerprint density at radius 1 is 1.08 bits per heavy atom. The molecule has 5 nitrogen and oxygen atoms in total. The van der Waals surface area contributed by atoms with Gasteiger partial charge in [0, 0.05) is 10.6 Å². The zero-order valence-electron chi connectivity index (χ0n) is 21.9. The van der Waals surface area contributed by atoms with E-state index < -0.39 is 17.9 Å². The maximum atomic E-state index is 13.2. The monoisotopic (exact) mass is 519 g/mol. The van der Waals surface area contributed by atoms with Crippen LogP contribution in [0.4, 0.5) is 0 Å². The number of halogens is 1. The van der Waals surface area contributed by atoms with Crippen LogP contribution < -0.4 is 24.2 Å². The molecule has 0 aromatic heterocycles. The molecule has 0 saturated carbocycles. The summed E-state index contributed by atoms with van der Waals surface area (Å²) in [6, 6.07) is 20.1. The van der Waals surface area contributed by atoms with Gasteiger partial charge in [-0.2, -0.15) is 11.8 Å². The van der Waals surface area contributed by atoms with E-state index in [1.54, 1.807) is 17.8 Å². The van der Waals surface area contributed by atoms with Crippen LogP contribution in [0.5, 0.6) is 0 Å². The summed E-state index contributed by atoms with van der Waals surface area (Å²) in [6.45, 7) is 2.89. The van der Waals surface area contributed by atoms with E-state index in [9.17, 15) is 14.7 Å². The minimum absolute atomic E-state index is 0. The van der Waals surface area contributed by atoms with Gasteiger partial charge >= 0.3 is 24.8 Å². The van der Waals surface area contributed by atoms with Crippen LogP contribution in [0.25, 0.3) is 11.1 Å². The Labute approximate surface area is 235 Å². The van der Waals surface area contributed by atoms with Crippen molar-refractivity contribution in [3.8, 4) is 11.1 Å². The van der Waals surface area contributed by atoms with Gasteiger partial charge in [0.25, 0.3) is 5.91 Å². The maximum Gasteiger partial charge on any atom is 1.00 e. The number of ether oxygens (including phenoxy) is 1. The van der Waals surface area contributed by atoms with Crippen LogP contribution in [0.15, 0.2) is 66.7 Å². The molecule has 3 aromatic carbocycles. The van der Waals surface area contributed by atoms with Crippen LogP contribution in [-0.4, -0.2) is 41.6 Å². The molecule has 0 bridgehead atoms. The molecule has 0 spiro atoms. The number of benzene rings is 3. The molecule has 0 aliphatic rings. The van der Waals surface area contributed by atoms with Gasteiger partial charge in [-0.1, -0.05) is 60.1 Å². The van der Waals surface area contributed by atoms with Crippen molar-refractivity contribution >= 4 is 35.2 Å². The van der Waals surface area contributed by atoms with Crippen LogP contribution in [0.1, 0.15) is 34.9 Å².